The molecule has 3 aromatic carbocycles. The maximum absolute atomic E-state index is 6.67. The zero-order valence-electron chi connectivity index (χ0n) is 23.7. The fourth-order valence-electron chi connectivity index (χ4n) is 5.23. The standard InChI is InChI=1S/C33H48O2/c1-10-33(8,9)26-15-16-29-30(19-26)32(35-21-25(7)18-23(4)5)28-14-12-11-13-27(28)31(29)34-20-24(6)17-22(2)3/h11-16,19,22-25H,10,17-18,20-21H2,1-9H3. The second-order valence-corrected chi connectivity index (χ2v) is 12.3. The average molecular weight is 477 g/mol. The van der Waals surface area contributed by atoms with Crippen molar-refractivity contribution < 1.29 is 9.47 Å². The number of ether oxygens (including phenoxy) is 2. The van der Waals surface area contributed by atoms with Crippen LogP contribution in [-0.4, -0.2) is 13.2 Å². The molecule has 0 amide bonds. The zero-order valence-corrected chi connectivity index (χ0v) is 23.7. The van der Waals surface area contributed by atoms with Crippen LogP contribution in [0.15, 0.2) is 42.5 Å². The van der Waals surface area contributed by atoms with Gasteiger partial charge in [0.05, 0.1) is 13.2 Å². The van der Waals surface area contributed by atoms with E-state index in [1.165, 1.54) is 23.8 Å². The Morgan fingerprint density at radius 2 is 1.11 bits per heavy atom. The third kappa shape index (κ3) is 6.72. The van der Waals surface area contributed by atoms with E-state index < -0.39 is 0 Å². The Balaban J connectivity index is 2.16. The second-order valence-electron chi connectivity index (χ2n) is 12.3. The largest absolute Gasteiger partial charge is 0.492 e. The average Bonchev–Trinajstić information content (AvgIpc) is 2.79. The summed E-state index contributed by atoms with van der Waals surface area (Å²) in [7, 11) is 0. The van der Waals surface area contributed by atoms with Crippen molar-refractivity contribution in [2.24, 2.45) is 23.7 Å². The molecule has 0 saturated heterocycles. The maximum atomic E-state index is 6.67. The molecular formula is C33H48O2. The first-order valence-electron chi connectivity index (χ1n) is 13.8. The molecule has 35 heavy (non-hydrogen) atoms. The highest BCUT2D eigenvalue weighted by Crippen LogP contribution is 2.45. The maximum Gasteiger partial charge on any atom is 0.135 e. The van der Waals surface area contributed by atoms with Gasteiger partial charge in [0.1, 0.15) is 11.5 Å². The number of rotatable bonds is 12. The van der Waals surface area contributed by atoms with Gasteiger partial charge in [-0.1, -0.05) is 98.7 Å². The third-order valence-electron chi connectivity index (χ3n) is 7.36. The summed E-state index contributed by atoms with van der Waals surface area (Å²) in [5, 5.41) is 4.62. The number of fused-ring (bicyclic) bond motifs is 2. The predicted octanol–water partition coefficient (Wildman–Crippen LogP) is 9.80. The summed E-state index contributed by atoms with van der Waals surface area (Å²) in [4.78, 5) is 0. The van der Waals surface area contributed by atoms with Crippen molar-refractivity contribution in [3.05, 3.63) is 48.0 Å². The molecule has 2 unspecified atom stereocenters. The first-order valence-corrected chi connectivity index (χ1v) is 13.8. The lowest BCUT2D eigenvalue weighted by molar-refractivity contribution is 0.240. The van der Waals surface area contributed by atoms with Crippen LogP contribution in [0, 0.1) is 23.7 Å². The lowest BCUT2D eigenvalue weighted by atomic mass is 9.81. The van der Waals surface area contributed by atoms with Gasteiger partial charge in [0.2, 0.25) is 0 Å². The van der Waals surface area contributed by atoms with Crippen LogP contribution in [0.25, 0.3) is 21.5 Å². The van der Waals surface area contributed by atoms with Crippen LogP contribution in [-0.2, 0) is 5.41 Å². The topological polar surface area (TPSA) is 18.5 Å². The van der Waals surface area contributed by atoms with Gasteiger partial charge in [-0.15, -0.1) is 0 Å². The van der Waals surface area contributed by atoms with E-state index in [0.717, 1.165) is 47.3 Å². The SMILES string of the molecule is CCC(C)(C)c1ccc2c(OCC(C)CC(C)C)c3ccccc3c(OCC(C)CC(C)C)c2c1. The summed E-state index contributed by atoms with van der Waals surface area (Å²) in [6.07, 6.45) is 3.42. The molecule has 2 atom stereocenters. The summed E-state index contributed by atoms with van der Waals surface area (Å²) >= 11 is 0. The molecule has 0 saturated carbocycles. The summed E-state index contributed by atoms with van der Waals surface area (Å²) in [5.41, 5.74) is 1.46. The zero-order chi connectivity index (χ0) is 25.8. The van der Waals surface area contributed by atoms with Gasteiger partial charge in [-0.3, -0.25) is 0 Å². The van der Waals surface area contributed by atoms with Gasteiger partial charge in [0.15, 0.2) is 0 Å². The highest BCUT2D eigenvalue weighted by atomic mass is 16.5. The van der Waals surface area contributed by atoms with Crippen LogP contribution in [0.2, 0.25) is 0 Å². The molecule has 0 aromatic heterocycles. The summed E-state index contributed by atoms with van der Waals surface area (Å²) < 4.78 is 13.3. The molecule has 0 fully saturated rings. The molecule has 0 aliphatic carbocycles. The van der Waals surface area contributed by atoms with E-state index in [-0.39, 0.29) is 5.41 Å². The van der Waals surface area contributed by atoms with Crippen LogP contribution in [0.4, 0.5) is 0 Å². The highest BCUT2D eigenvalue weighted by molar-refractivity contribution is 6.11. The van der Waals surface area contributed by atoms with E-state index in [1.807, 2.05) is 0 Å². The van der Waals surface area contributed by atoms with E-state index in [4.69, 9.17) is 9.47 Å². The fourth-order valence-corrected chi connectivity index (χ4v) is 5.23. The van der Waals surface area contributed by atoms with Gasteiger partial charge in [0, 0.05) is 21.5 Å². The first kappa shape index (κ1) is 27.4. The minimum absolute atomic E-state index is 0.106. The van der Waals surface area contributed by atoms with Crippen LogP contribution >= 0.6 is 0 Å². The van der Waals surface area contributed by atoms with Gasteiger partial charge in [-0.05, 0) is 60.0 Å². The molecule has 0 bridgehead atoms. The molecule has 3 rings (SSSR count). The molecule has 0 aliphatic heterocycles. The molecule has 0 N–H and O–H groups in total. The minimum atomic E-state index is 0.106. The third-order valence-corrected chi connectivity index (χ3v) is 7.36. The Morgan fingerprint density at radius 1 is 0.657 bits per heavy atom. The van der Waals surface area contributed by atoms with Crippen LogP contribution in [0.3, 0.4) is 0 Å². The monoisotopic (exact) mass is 476 g/mol. The normalized spacial score (nSPS) is 14.1. The number of hydrogen-bond acceptors (Lipinski definition) is 2. The van der Waals surface area contributed by atoms with Crippen LogP contribution in [0.1, 0.15) is 87.1 Å². The molecular weight excluding hydrogens is 428 g/mol. The van der Waals surface area contributed by atoms with Crippen molar-refractivity contribution in [3.8, 4) is 11.5 Å². The van der Waals surface area contributed by atoms with Gasteiger partial charge in [-0.25, -0.2) is 0 Å². The van der Waals surface area contributed by atoms with E-state index in [9.17, 15) is 0 Å². The molecule has 0 heterocycles. The summed E-state index contributed by atoms with van der Waals surface area (Å²) in [6.45, 7) is 22.1. The molecule has 3 aromatic rings. The highest BCUT2D eigenvalue weighted by Gasteiger charge is 2.23. The predicted molar refractivity (Wildman–Crippen MR) is 153 cm³/mol. The van der Waals surface area contributed by atoms with E-state index in [1.54, 1.807) is 0 Å². The van der Waals surface area contributed by atoms with Crippen molar-refractivity contribution in [3.63, 3.8) is 0 Å². The molecule has 0 spiro atoms. The number of benzene rings is 3. The quantitative estimate of drug-likeness (QED) is 0.242. The molecule has 192 valence electrons. The van der Waals surface area contributed by atoms with Crippen molar-refractivity contribution >= 4 is 21.5 Å². The molecule has 2 heteroatoms. The summed E-state index contributed by atoms with van der Waals surface area (Å²) in [6, 6.07) is 15.5. The van der Waals surface area contributed by atoms with Crippen molar-refractivity contribution in [1.82, 2.24) is 0 Å². The van der Waals surface area contributed by atoms with Crippen LogP contribution in [0.5, 0.6) is 11.5 Å². The number of hydrogen-bond donors (Lipinski definition) is 0. The first-order chi connectivity index (χ1) is 16.5. The van der Waals surface area contributed by atoms with Crippen molar-refractivity contribution in [1.29, 1.82) is 0 Å². The van der Waals surface area contributed by atoms with Gasteiger partial charge in [0.25, 0.3) is 0 Å². The Bertz CT molecular complexity index is 1110. The summed E-state index contributed by atoms with van der Waals surface area (Å²) in [5.74, 6) is 4.35. The Morgan fingerprint density at radius 3 is 1.57 bits per heavy atom. The van der Waals surface area contributed by atoms with E-state index in [2.05, 4.69) is 105 Å². The van der Waals surface area contributed by atoms with Gasteiger partial charge < -0.3 is 9.47 Å². The molecule has 0 radical (unpaired) electrons. The Labute approximate surface area is 214 Å². The molecule has 0 aliphatic rings. The van der Waals surface area contributed by atoms with Gasteiger partial charge >= 0.3 is 0 Å². The Kier molecular flexibility index (Phi) is 9.13. The van der Waals surface area contributed by atoms with E-state index in [0.29, 0.717) is 23.7 Å². The second kappa shape index (κ2) is 11.7. The molecule has 2 nitrogen and oxygen atoms in total. The lowest BCUT2D eigenvalue weighted by Gasteiger charge is -2.26. The minimum Gasteiger partial charge on any atom is -0.492 e. The van der Waals surface area contributed by atoms with Crippen molar-refractivity contribution in [2.45, 2.75) is 87.0 Å². The van der Waals surface area contributed by atoms with E-state index >= 15 is 0 Å². The smallest absolute Gasteiger partial charge is 0.135 e. The Hall–Kier alpha value is -2.22. The lowest BCUT2D eigenvalue weighted by Crippen LogP contribution is -2.16. The fraction of sp³-hybridized carbons (Fsp3) is 0.576. The van der Waals surface area contributed by atoms with Crippen LogP contribution < -0.4 is 9.47 Å². The van der Waals surface area contributed by atoms with Crippen molar-refractivity contribution in [2.75, 3.05) is 13.2 Å². The van der Waals surface area contributed by atoms with Gasteiger partial charge in [-0.2, -0.15) is 0 Å².